The standard InChI is InChI=1S/C20H27N3O3/c1-4-13-5-7-14(8-6-13)18(24)21-15-10-17-19(25)22-16(9-12(2)3)20(26)23(17)11-15/h5-8,12,15-17H,4,9-11H2,1-3H3,(H,21,24)(H,22,25)/t15-,16+,17-/m0/s1. The average Bonchev–Trinajstić information content (AvgIpc) is 3.03. The number of nitrogens with one attached hydrogen (secondary N) is 2. The summed E-state index contributed by atoms with van der Waals surface area (Å²) in [7, 11) is 0. The Labute approximate surface area is 154 Å². The van der Waals surface area contributed by atoms with Gasteiger partial charge in [-0.15, -0.1) is 0 Å². The van der Waals surface area contributed by atoms with Crippen molar-refractivity contribution in [3.8, 4) is 0 Å². The second-order valence-corrected chi connectivity index (χ2v) is 7.65. The van der Waals surface area contributed by atoms with Crippen molar-refractivity contribution in [2.75, 3.05) is 6.54 Å². The highest BCUT2D eigenvalue weighted by Gasteiger charge is 2.46. The lowest BCUT2D eigenvalue weighted by Crippen LogP contribution is -2.61. The van der Waals surface area contributed by atoms with Crippen LogP contribution in [0.1, 0.15) is 49.5 Å². The van der Waals surface area contributed by atoms with Crippen LogP contribution in [0.25, 0.3) is 0 Å². The minimum absolute atomic E-state index is 0.0349. The molecule has 0 aromatic heterocycles. The predicted octanol–water partition coefficient (Wildman–Crippen LogP) is 1.49. The number of fused-ring (bicyclic) bond motifs is 1. The Morgan fingerprint density at radius 2 is 1.96 bits per heavy atom. The van der Waals surface area contributed by atoms with E-state index in [0.717, 1.165) is 6.42 Å². The summed E-state index contributed by atoms with van der Waals surface area (Å²) in [5.41, 5.74) is 1.78. The number of benzene rings is 1. The lowest BCUT2D eigenvalue weighted by molar-refractivity contribution is -0.147. The van der Waals surface area contributed by atoms with E-state index in [4.69, 9.17) is 0 Å². The fraction of sp³-hybridized carbons (Fsp3) is 0.550. The Kier molecular flexibility index (Phi) is 5.30. The minimum atomic E-state index is -0.473. The summed E-state index contributed by atoms with van der Waals surface area (Å²) >= 11 is 0. The van der Waals surface area contributed by atoms with Gasteiger partial charge < -0.3 is 15.5 Å². The number of carbonyl (C=O) groups is 3. The first kappa shape index (κ1) is 18.4. The molecule has 2 heterocycles. The Balaban J connectivity index is 1.64. The molecule has 1 aromatic rings. The highest BCUT2D eigenvalue weighted by atomic mass is 16.2. The predicted molar refractivity (Wildman–Crippen MR) is 98.6 cm³/mol. The third-order valence-electron chi connectivity index (χ3n) is 5.17. The Morgan fingerprint density at radius 3 is 2.58 bits per heavy atom. The molecule has 0 spiro atoms. The SMILES string of the molecule is CCc1ccc(C(=O)N[C@H]2C[C@H]3C(=O)N[C@H](CC(C)C)C(=O)N3C2)cc1. The number of rotatable bonds is 5. The van der Waals surface area contributed by atoms with Gasteiger partial charge in [-0.1, -0.05) is 32.9 Å². The normalized spacial score (nSPS) is 25.2. The zero-order valence-electron chi connectivity index (χ0n) is 15.6. The topological polar surface area (TPSA) is 78.5 Å². The molecule has 0 saturated carbocycles. The summed E-state index contributed by atoms with van der Waals surface area (Å²) in [6, 6.07) is 6.39. The first-order valence-electron chi connectivity index (χ1n) is 9.39. The molecular weight excluding hydrogens is 330 g/mol. The molecule has 0 unspecified atom stereocenters. The van der Waals surface area contributed by atoms with Crippen LogP contribution in [-0.2, 0) is 16.0 Å². The molecule has 6 heteroatoms. The molecule has 2 N–H and O–H groups in total. The average molecular weight is 357 g/mol. The van der Waals surface area contributed by atoms with Crippen LogP contribution in [0.15, 0.2) is 24.3 Å². The van der Waals surface area contributed by atoms with Gasteiger partial charge in [0.25, 0.3) is 5.91 Å². The Bertz CT molecular complexity index is 699. The van der Waals surface area contributed by atoms with Gasteiger partial charge in [0, 0.05) is 18.2 Å². The van der Waals surface area contributed by atoms with Gasteiger partial charge in [0.2, 0.25) is 11.8 Å². The van der Waals surface area contributed by atoms with Gasteiger partial charge in [-0.3, -0.25) is 14.4 Å². The largest absolute Gasteiger partial charge is 0.347 e. The summed E-state index contributed by atoms with van der Waals surface area (Å²) in [5, 5.41) is 5.82. The molecule has 2 aliphatic rings. The number of carbonyl (C=O) groups excluding carboxylic acids is 3. The van der Waals surface area contributed by atoms with Crippen molar-refractivity contribution in [3.63, 3.8) is 0 Å². The number of nitrogens with zero attached hydrogens (tertiary/aromatic N) is 1. The molecular formula is C20H27N3O3. The van der Waals surface area contributed by atoms with Gasteiger partial charge >= 0.3 is 0 Å². The van der Waals surface area contributed by atoms with Crippen LogP contribution in [0.2, 0.25) is 0 Å². The van der Waals surface area contributed by atoms with Crippen LogP contribution in [-0.4, -0.2) is 47.3 Å². The van der Waals surface area contributed by atoms with E-state index in [2.05, 4.69) is 17.6 Å². The number of hydrogen-bond acceptors (Lipinski definition) is 3. The quantitative estimate of drug-likeness (QED) is 0.838. The number of amides is 3. The molecule has 140 valence electrons. The molecule has 2 fully saturated rings. The van der Waals surface area contributed by atoms with Crippen molar-refractivity contribution in [2.24, 2.45) is 5.92 Å². The van der Waals surface area contributed by atoms with E-state index < -0.39 is 12.1 Å². The van der Waals surface area contributed by atoms with Crippen molar-refractivity contribution < 1.29 is 14.4 Å². The van der Waals surface area contributed by atoms with Crippen LogP contribution in [0.5, 0.6) is 0 Å². The maximum absolute atomic E-state index is 12.7. The van der Waals surface area contributed by atoms with E-state index in [1.807, 2.05) is 38.1 Å². The van der Waals surface area contributed by atoms with Gasteiger partial charge in [-0.05, 0) is 42.9 Å². The first-order chi connectivity index (χ1) is 12.4. The maximum atomic E-state index is 12.7. The smallest absolute Gasteiger partial charge is 0.251 e. The second-order valence-electron chi connectivity index (χ2n) is 7.65. The van der Waals surface area contributed by atoms with E-state index in [9.17, 15) is 14.4 Å². The molecule has 0 aliphatic carbocycles. The summed E-state index contributed by atoms with van der Waals surface area (Å²) in [6.45, 7) is 6.52. The second kappa shape index (κ2) is 7.48. The first-order valence-corrected chi connectivity index (χ1v) is 9.39. The van der Waals surface area contributed by atoms with Crippen LogP contribution in [0.4, 0.5) is 0 Å². The highest BCUT2D eigenvalue weighted by molar-refractivity contribution is 5.98. The lowest BCUT2D eigenvalue weighted by Gasteiger charge is -2.35. The lowest BCUT2D eigenvalue weighted by atomic mass is 9.99. The molecule has 3 amide bonds. The highest BCUT2D eigenvalue weighted by Crippen LogP contribution is 2.25. The molecule has 2 saturated heterocycles. The van der Waals surface area contributed by atoms with Gasteiger partial charge in [0.05, 0.1) is 0 Å². The molecule has 3 atom stereocenters. The molecule has 26 heavy (non-hydrogen) atoms. The molecule has 1 aromatic carbocycles. The summed E-state index contributed by atoms with van der Waals surface area (Å²) in [4.78, 5) is 39.1. The Morgan fingerprint density at radius 1 is 1.27 bits per heavy atom. The number of hydrogen-bond donors (Lipinski definition) is 2. The number of piperazine rings is 1. The van der Waals surface area contributed by atoms with Gasteiger partial charge in [-0.2, -0.15) is 0 Å². The zero-order chi connectivity index (χ0) is 18.8. The Hall–Kier alpha value is -2.37. The van der Waals surface area contributed by atoms with Crippen molar-refractivity contribution >= 4 is 17.7 Å². The van der Waals surface area contributed by atoms with Crippen molar-refractivity contribution in [1.82, 2.24) is 15.5 Å². The van der Waals surface area contributed by atoms with E-state index >= 15 is 0 Å². The van der Waals surface area contributed by atoms with Crippen LogP contribution in [0.3, 0.4) is 0 Å². The minimum Gasteiger partial charge on any atom is -0.347 e. The van der Waals surface area contributed by atoms with E-state index in [-0.39, 0.29) is 23.8 Å². The van der Waals surface area contributed by atoms with Crippen LogP contribution < -0.4 is 10.6 Å². The monoisotopic (exact) mass is 357 g/mol. The fourth-order valence-electron chi connectivity index (χ4n) is 3.75. The fourth-order valence-corrected chi connectivity index (χ4v) is 3.75. The summed E-state index contributed by atoms with van der Waals surface area (Å²) in [5.74, 6) is 0.0146. The number of aryl methyl sites for hydroxylation is 1. The van der Waals surface area contributed by atoms with E-state index in [1.165, 1.54) is 5.56 Å². The van der Waals surface area contributed by atoms with E-state index in [0.29, 0.717) is 30.9 Å². The van der Waals surface area contributed by atoms with Crippen molar-refractivity contribution in [2.45, 2.75) is 58.2 Å². The summed E-state index contributed by atoms with van der Waals surface area (Å²) < 4.78 is 0. The van der Waals surface area contributed by atoms with Gasteiger partial charge in [-0.25, -0.2) is 0 Å². The van der Waals surface area contributed by atoms with E-state index in [1.54, 1.807) is 4.90 Å². The third kappa shape index (κ3) is 3.74. The summed E-state index contributed by atoms with van der Waals surface area (Å²) in [6.07, 6.45) is 2.02. The van der Waals surface area contributed by atoms with Crippen molar-refractivity contribution in [1.29, 1.82) is 0 Å². The van der Waals surface area contributed by atoms with Gasteiger partial charge in [0.1, 0.15) is 12.1 Å². The van der Waals surface area contributed by atoms with Gasteiger partial charge in [0.15, 0.2) is 0 Å². The molecule has 2 aliphatic heterocycles. The zero-order valence-corrected chi connectivity index (χ0v) is 15.6. The van der Waals surface area contributed by atoms with Crippen molar-refractivity contribution in [3.05, 3.63) is 35.4 Å². The van der Waals surface area contributed by atoms with Crippen LogP contribution in [0, 0.1) is 5.92 Å². The molecule has 3 rings (SSSR count). The maximum Gasteiger partial charge on any atom is 0.251 e. The molecule has 6 nitrogen and oxygen atoms in total. The molecule has 0 radical (unpaired) electrons. The van der Waals surface area contributed by atoms with Crippen LogP contribution >= 0.6 is 0 Å². The third-order valence-corrected chi connectivity index (χ3v) is 5.17. The molecule has 0 bridgehead atoms.